The fourth-order valence-electron chi connectivity index (χ4n) is 3.07. The molecule has 1 aromatic carbocycles. The lowest BCUT2D eigenvalue weighted by molar-refractivity contribution is -0.0500. The van der Waals surface area contributed by atoms with E-state index in [1.165, 1.54) is 0 Å². The van der Waals surface area contributed by atoms with Crippen molar-refractivity contribution in [3.05, 3.63) is 41.5 Å². The molecule has 2 N–H and O–H groups in total. The number of phenolic OH excluding ortho intramolecular Hbond substituents is 2. The predicted octanol–water partition coefficient (Wildman–Crippen LogP) is 4.34. The van der Waals surface area contributed by atoms with Crippen LogP contribution in [0.3, 0.4) is 0 Å². The average Bonchev–Trinajstić information content (AvgIpc) is 2.44. The van der Waals surface area contributed by atoms with E-state index in [4.69, 9.17) is 0 Å². The van der Waals surface area contributed by atoms with Crippen LogP contribution in [0.25, 0.3) is 0 Å². The molecule has 0 aliphatic heterocycles. The number of aromatic hydroxyl groups is 2. The zero-order chi connectivity index (χ0) is 19.9. The largest absolute Gasteiger partial charge is 0.534 e. The molecule has 0 radical (unpaired) electrons. The minimum Gasteiger partial charge on any atom is -0.507 e. The highest BCUT2D eigenvalue weighted by molar-refractivity contribution is 7.88. The van der Waals surface area contributed by atoms with Crippen molar-refractivity contribution >= 4 is 10.1 Å². The summed E-state index contributed by atoms with van der Waals surface area (Å²) in [4.78, 5) is 0. The number of hydrogen-bond acceptors (Lipinski definition) is 5. The van der Waals surface area contributed by atoms with Gasteiger partial charge in [-0.15, -0.1) is 0 Å². The number of allylic oxidation sites excluding steroid dienone is 3. The molecule has 1 aliphatic carbocycles. The molecule has 0 aromatic heterocycles. The number of halogens is 3. The Morgan fingerprint density at radius 3 is 2.27 bits per heavy atom. The number of alkyl halides is 3. The lowest BCUT2D eigenvalue weighted by Gasteiger charge is -2.31. The molecule has 26 heavy (non-hydrogen) atoms. The molecule has 0 bridgehead atoms. The van der Waals surface area contributed by atoms with E-state index in [1.54, 1.807) is 0 Å². The third-order valence-electron chi connectivity index (χ3n) is 4.31. The van der Waals surface area contributed by atoms with Crippen molar-refractivity contribution in [1.29, 1.82) is 0 Å². The van der Waals surface area contributed by atoms with Gasteiger partial charge in [0.15, 0.2) is 0 Å². The first-order valence-electron chi connectivity index (χ1n) is 7.73. The van der Waals surface area contributed by atoms with Crippen LogP contribution in [0.2, 0.25) is 0 Å². The van der Waals surface area contributed by atoms with E-state index in [-0.39, 0.29) is 11.5 Å². The molecule has 0 amide bonds. The Hall–Kier alpha value is -2.16. The third kappa shape index (κ3) is 3.98. The van der Waals surface area contributed by atoms with Gasteiger partial charge in [-0.1, -0.05) is 23.8 Å². The van der Waals surface area contributed by atoms with Crippen LogP contribution in [0.4, 0.5) is 13.2 Å². The van der Waals surface area contributed by atoms with Crippen LogP contribution in [0, 0.1) is 5.92 Å². The van der Waals surface area contributed by atoms with Crippen molar-refractivity contribution in [2.45, 2.75) is 38.1 Å². The van der Waals surface area contributed by atoms with Gasteiger partial charge < -0.3 is 14.4 Å². The molecule has 144 valence electrons. The van der Waals surface area contributed by atoms with Crippen LogP contribution in [0.5, 0.6) is 17.2 Å². The lowest BCUT2D eigenvalue weighted by Crippen LogP contribution is -2.28. The molecule has 5 nitrogen and oxygen atoms in total. The van der Waals surface area contributed by atoms with Crippen LogP contribution in [-0.4, -0.2) is 24.1 Å². The maximum absolute atomic E-state index is 12.4. The van der Waals surface area contributed by atoms with Gasteiger partial charge in [0, 0.05) is 23.6 Å². The Morgan fingerprint density at radius 1 is 1.27 bits per heavy atom. The molecule has 0 saturated heterocycles. The average molecular weight is 392 g/mol. The van der Waals surface area contributed by atoms with E-state index in [1.807, 2.05) is 19.9 Å². The summed E-state index contributed by atoms with van der Waals surface area (Å²) < 4.78 is 63.4. The van der Waals surface area contributed by atoms with Gasteiger partial charge in [-0.05, 0) is 32.6 Å². The number of phenols is 2. The van der Waals surface area contributed by atoms with E-state index in [0.29, 0.717) is 0 Å². The number of hydrogen-bond donors (Lipinski definition) is 2. The highest BCUT2D eigenvalue weighted by Gasteiger charge is 2.48. The second kappa shape index (κ2) is 6.86. The summed E-state index contributed by atoms with van der Waals surface area (Å²) in [5, 5.41) is 20.5. The first-order valence-corrected chi connectivity index (χ1v) is 9.13. The molecule has 0 spiro atoms. The van der Waals surface area contributed by atoms with Crippen molar-refractivity contribution in [1.82, 2.24) is 0 Å². The van der Waals surface area contributed by atoms with E-state index in [9.17, 15) is 31.8 Å². The number of rotatable bonds is 4. The van der Waals surface area contributed by atoms with Crippen LogP contribution in [-0.2, 0) is 10.1 Å². The zero-order valence-electron chi connectivity index (χ0n) is 14.2. The summed E-state index contributed by atoms with van der Waals surface area (Å²) in [6, 6.07) is 1.48. The Balaban J connectivity index is 2.47. The fourth-order valence-corrected chi connectivity index (χ4v) is 3.51. The minimum atomic E-state index is -5.90. The Kier molecular flexibility index (Phi) is 5.32. The summed E-state index contributed by atoms with van der Waals surface area (Å²) in [5.74, 6) is -2.46. The van der Waals surface area contributed by atoms with Gasteiger partial charge in [-0.25, -0.2) is 0 Å². The third-order valence-corrected chi connectivity index (χ3v) is 5.29. The summed E-state index contributed by atoms with van der Waals surface area (Å²) in [7, 11) is -5.90. The van der Waals surface area contributed by atoms with Gasteiger partial charge >= 0.3 is 15.6 Å². The summed E-state index contributed by atoms with van der Waals surface area (Å²) in [6.45, 7) is 7.62. The molecular weight excluding hydrogens is 373 g/mol. The van der Waals surface area contributed by atoms with Gasteiger partial charge in [-0.2, -0.15) is 21.6 Å². The molecule has 1 unspecified atom stereocenters. The monoisotopic (exact) mass is 392 g/mol. The van der Waals surface area contributed by atoms with E-state index in [0.717, 1.165) is 36.1 Å². The molecule has 0 fully saturated rings. The molecule has 1 aliphatic rings. The molecule has 2 atom stereocenters. The van der Waals surface area contributed by atoms with E-state index < -0.39 is 38.8 Å². The highest BCUT2D eigenvalue weighted by atomic mass is 32.2. The topological polar surface area (TPSA) is 83.8 Å². The van der Waals surface area contributed by atoms with Crippen molar-refractivity contribution < 1.29 is 36.0 Å². The first kappa shape index (κ1) is 20.2. The zero-order valence-corrected chi connectivity index (χ0v) is 15.0. The normalized spacial score (nSPS) is 21.2. The first-order chi connectivity index (χ1) is 11.8. The van der Waals surface area contributed by atoms with Crippen molar-refractivity contribution in [2.75, 3.05) is 0 Å². The SMILES string of the molecule is C=C(C)[C@@H]1CCC(C)=CC1c1c(O)cc(OS(=O)(=O)C(F)(F)F)cc1O. The standard InChI is InChI=1S/C17H19F3O5S/c1-9(2)12-5-4-10(3)6-13(12)16-14(21)7-11(8-15(16)22)25-26(23,24)17(18,19)20/h6-8,12-13,21-22H,1,4-5H2,2-3H3/t12-,13?/m0/s1. The van der Waals surface area contributed by atoms with Crippen molar-refractivity contribution in [2.24, 2.45) is 5.92 Å². The molecule has 0 heterocycles. The number of benzene rings is 1. The van der Waals surface area contributed by atoms with Gasteiger partial charge in [0.25, 0.3) is 0 Å². The van der Waals surface area contributed by atoms with Crippen LogP contribution < -0.4 is 4.18 Å². The highest BCUT2D eigenvalue weighted by Crippen LogP contribution is 2.47. The molecule has 2 rings (SSSR count). The van der Waals surface area contributed by atoms with E-state index in [2.05, 4.69) is 10.8 Å². The summed E-state index contributed by atoms with van der Waals surface area (Å²) in [5.41, 5.74) is -3.66. The molecule has 0 saturated carbocycles. The Morgan fingerprint density at radius 2 is 1.81 bits per heavy atom. The lowest BCUT2D eigenvalue weighted by atomic mass is 9.74. The molecule has 9 heteroatoms. The minimum absolute atomic E-state index is 0.0822. The van der Waals surface area contributed by atoms with E-state index >= 15 is 0 Å². The second-order valence-electron chi connectivity index (χ2n) is 6.39. The smallest absolute Gasteiger partial charge is 0.507 e. The van der Waals surface area contributed by atoms with Gasteiger partial charge in [0.1, 0.15) is 17.2 Å². The molecule has 1 aromatic rings. The Labute approximate surface area is 149 Å². The van der Waals surface area contributed by atoms with Crippen molar-refractivity contribution in [3.63, 3.8) is 0 Å². The molecular formula is C17H19F3O5S. The second-order valence-corrected chi connectivity index (χ2v) is 7.93. The quantitative estimate of drug-likeness (QED) is 0.452. The van der Waals surface area contributed by atoms with Crippen LogP contribution in [0.15, 0.2) is 35.9 Å². The van der Waals surface area contributed by atoms with Gasteiger partial charge in [0.2, 0.25) is 0 Å². The van der Waals surface area contributed by atoms with Crippen molar-refractivity contribution in [3.8, 4) is 17.2 Å². The fraction of sp³-hybridized carbons (Fsp3) is 0.412. The maximum atomic E-state index is 12.4. The van der Waals surface area contributed by atoms with Crippen LogP contribution in [0.1, 0.15) is 38.2 Å². The summed E-state index contributed by atoms with van der Waals surface area (Å²) in [6.07, 6.45) is 3.41. The van der Waals surface area contributed by atoms with Gasteiger partial charge in [-0.3, -0.25) is 0 Å². The maximum Gasteiger partial charge on any atom is 0.534 e. The van der Waals surface area contributed by atoms with Crippen LogP contribution >= 0.6 is 0 Å². The summed E-state index contributed by atoms with van der Waals surface area (Å²) >= 11 is 0. The predicted molar refractivity (Wildman–Crippen MR) is 89.4 cm³/mol. The van der Waals surface area contributed by atoms with Gasteiger partial charge in [0.05, 0.1) is 0 Å². The Bertz CT molecular complexity index is 833.